The lowest BCUT2D eigenvalue weighted by molar-refractivity contribution is -0.153. The van der Waals surface area contributed by atoms with Gasteiger partial charge in [0, 0.05) is 6.42 Å². The van der Waals surface area contributed by atoms with Gasteiger partial charge in [0.15, 0.2) is 5.79 Å². The number of nitrogen functional groups attached to an aromatic ring is 1. The zero-order chi connectivity index (χ0) is 22.8. The minimum atomic E-state index is -1.06. The molecule has 31 heavy (non-hydrogen) atoms. The van der Waals surface area contributed by atoms with Crippen molar-refractivity contribution in [3.8, 4) is 0 Å². The highest BCUT2D eigenvalue weighted by atomic mass is 16.7. The van der Waals surface area contributed by atoms with Crippen molar-refractivity contribution in [2.75, 3.05) is 37.9 Å². The topological polar surface area (TPSA) is 132 Å². The maximum Gasteiger partial charge on any atom is 0.407 e. The molecule has 11 heteroatoms. The number of benzene rings is 1. The maximum atomic E-state index is 13.4. The molecule has 1 aromatic rings. The molecule has 2 atom stereocenters. The molecule has 0 bridgehead atoms. The van der Waals surface area contributed by atoms with E-state index in [0.29, 0.717) is 30.1 Å². The van der Waals surface area contributed by atoms with Crippen molar-refractivity contribution in [1.82, 2.24) is 10.2 Å². The van der Waals surface area contributed by atoms with E-state index in [1.807, 2.05) is 0 Å². The first-order valence-electron chi connectivity index (χ1n) is 10.0. The third-order valence-electron chi connectivity index (χ3n) is 5.42. The molecule has 1 aromatic carbocycles. The average molecular weight is 430 g/mol. The second-order valence-corrected chi connectivity index (χ2v) is 7.99. The van der Waals surface area contributed by atoms with Crippen LogP contribution in [0.25, 0.3) is 0 Å². The Bertz CT molecular complexity index is 858. The smallest absolute Gasteiger partial charge is 0.407 e. The number of carbonyl (C=O) groups is 3. The Balaban J connectivity index is 1.85. The van der Waals surface area contributed by atoms with Gasteiger partial charge in [0.25, 0.3) is 0 Å². The van der Waals surface area contributed by atoms with E-state index in [1.165, 1.54) is 18.1 Å². The number of hydrogen-bond donors (Lipinski definition) is 3. The second-order valence-electron chi connectivity index (χ2n) is 7.99. The number of amides is 3. The molecule has 3 rings (SSSR count). The van der Waals surface area contributed by atoms with E-state index in [2.05, 4.69) is 15.4 Å². The van der Waals surface area contributed by atoms with Gasteiger partial charge in [-0.3, -0.25) is 9.59 Å². The summed E-state index contributed by atoms with van der Waals surface area (Å²) >= 11 is 0. The van der Waals surface area contributed by atoms with Gasteiger partial charge in [-0.05, 0) is 18.1 Å². The van der Waals surface area contributed by atoms with Crippen molar-refractivity contribution in [3.05, 3.63) is 18.2 Å². The number of carbonyl (C=O) groups excluding carboxylic acids is 3. The molecule has 2 heterocycles. The van der Waals surface area contributed by atoms with Crippen LogP contribution in [0.4, 0.5) is 16.2 Å². The standard InChI is InChI=1S/C20H27BN4O6/c1-11(2)16(24-19(28)29-3)18(27)25-10-20(30-6-7-31-20)9-15(25)17(26)23-14-5-4-12(21)8-13(14)22/h4-5,8,11,15-16H,6-7,9-10,22H2,1-3H3,(H,23,26)(H,24,28)/t15?,16-/m0/s1. The SMILES string of the molecule is [B]c1ccc(NC(=O)C2CC3(CN2C(=O)[C@@H](NC(=O)OC)C(C)C)OCCO3)c(N)c1. The Hall–Kier alpha value is -2.79. The van der Waals surface area contributed by atoms with E-state index in [9.17, 15) is 14.4 Å². The predicted octanol–water partition coefficient (Wildman–Crippen LogP) is -0.274. The Morgan fingerprint density at radius 3 is 2.55 bits per heavy atom. The second kappa shape index (κ2) is 9.15. The quantitative estimate of drug-likeness (QED) is 0.433. The summed E-state index contributed by atoms with van der Waals surface area (Å²) in [5.41, 5.74) is 7.11. The molecule has 0 aromatic heterocycles. The van der Waals surface area contributed by atoms with Crippen LogP contribution in [0.15, 0.2) is 18.2 Å². The summed E-state index contributed by atoms with van der Waals surface area (Å²) in [6.45, 7) is 4.38. The third kappa shape index (κ3) is 4.93. The van der Waals surface area contributed by atoms with Gasteiger partial charge in [-0.25, -0.2) is 4.79 Å². The molecule has 1 spiro atoms. The molecule has 2 fully saturated rings. The Labute approximate surface area is 182 Å². The first-order valence-corrected chi connectivity index (χ1v) is 10.0. The fraction of sp³-hybridized carbons (Fsp3) is 0.550. The highest BCUT2D eigenvalue weighted by Crippen LogP contribution is 2.36. The number of alkyl carbamates (subject to hydrolysis) is 1. The maximum absolute atomic E-state index is 13.4. The van der Waals surface area contributed by atoms with Crippen LogP contribution in [-0.4, -0.2) is 75.4 Å². The van der Waals surface area contributed by atoms with Crippen molar-refractivity contribution < 1.29 is 28.6 Å². The molecule has 0 saturated carbocycles. The van der Waals surface area contributed by atoms with Gasteiger partial charge in [0.1, 0.15) is 19.9 Å². The van der Waals surface area contributed by atoms with Gasteiger partial charge in [-0.15, -0.1) is 0 Å². The lowest BCUT2D eigenvalue weighted by Gasteiger charge is -2.30. The summed E-state index contributed by atoms with van der Waals surface area (Å²) in [5.74, 6) is -2.18. The predicted molar refractivity (Wildman–Crippen MR) is 114 cm³/mol. The summed E-state index contributed by atoms with van der Waals surface area (Å²) in [5, 5.41) is 5.30. The van der Waals surface area contributed by atoms with Gasteiger partial charge < -0.3 is 35.5 Å². The van der Waals surface area contributed by atoms with Gasteiger partial charge in [-0.1, -0.05) is 25.4 Å². The summed E-state index contributed by atoms with van der Waals surface area (Å²) in [6, 6.07) is 2.97. The normalized spacial score (nSPS) is 20.6. The van der Waals surface area contributed by atoms with Crippen molar-refractivity contribution in [3.63, 3.8) is 0 Å². The fourth-order valence-corrected chi connectivity index (χ4v) is 3.80. The third-order valence-corrected chi connectivity index (χ3v) is 5.42. The van der Waals surface area contributed by atoms with Crippen LogP contribution in [0.5, 0.6) is 0 Å². The molecule has 3 amide bonds. The first kappa shape index (κ1) is 22.9. The van der Waals surface area contributed by atoms with E-state index >= 15 is 0 Å². The largest absolute Gasteiger partial charge is 0.453 e. The van der Waals surface area contributed by atoms with E-state index in [1.54, 1.807) is 26.0 Å². The number of anilines is 2. The minimum Gasteiger partial charge on any atom is -0.453 e. The molecule has 10 nitrogen and oxygen atoms in total. The van der Waals surface area contributed by atoms with E-state index in [-0.39, 0.29) is 18.9 Å². The van der Waals surface area contributed by atoms with Crippen LogP contribution in [0.3, 0.4) is 0 Å². The van der Waals surface area contributed by atoms with Crippen LogP contribution < -0.4 is 21.8 Å². The monoisotopic (exact) mass is 430 g/mol. The van der Waals surface area contributed by atoms with Crippen LogP contribution in [0, 0.1) is 5.92 Å². The number of nitrogens with one attached hydrogen (secondary N) is 2. The van der Waals surface area contributed by atoms with E-state index in [4.69, 9.17) is 23.1 Å². The molecule has 2 aliphatic heterocycles. The Morgan fingerprint density at radius 2 is 1.97 bits per heavy atom. The van der Waals surface area contributed by atoms with Gasteiger partial charge >= 0.3 is 6.09 Å². The van der Waals surface area contributed by atoms with E-state index < -0.39 is 35.8 Å². The minimum absolute atomic E-state index is 0.0627. The van der Waals surface area contributed by atoms with Crippen molar-refractivity contribution in [2.24, 2.45) is 5.92 Å². The molecule has 2 radical (unpaired) electrons. The molecule has 2 aliphatic rings. The molecule has 2 saturated heterocycles. The lowest BCUT2D eigenvalue weighted by Crippen LogP contribution is -2.54. The van der Waals surface area contributed by atoms with Crippen LogP contribution >= 0.6 is 0 Å². The lowest BCUT2D eigenvalue weighted by atomic mass is 9.95. The number of nitrogens with zero attached hydrogens (tertiary/aromatic N) is 1. The number of hydrogen-bond acceptors (Lipinski definition) is 7. The van der Waals surface area contributed by atoms with Crippen molar-refractivity contribution in [2.45, 2.75) is 38.1 Å². The molecular formula is C20H27BN4O6. The number of nitrogens with two attached hydrogens (primary N) is 1. The first-order chi connectivity index (χ1) is 14.7. The Kier molecular flexibility index (Phi) is 6.76. The van der Waals surface area contributed by atoms with Gasteiger partial charge in [0.2, 0.25) is 11.8 Å². The molecule has 1 unspecified atom stereocenters. The Morgan fingerprint density at radius 1 is 1.29 bits per heavy atom. The van der Waals surface area contributed by atoms with Gasteiger partial charge in [-0.2, -0.15) is 0 Å². The number of rotatable bonds is 5. The number of ether oxygens (including phenoxy) is 3. The summed E-state index contributed by atoms with van der Waals surface area (Å²) in [6.07, 6.45) is -0.576. The fourth-order valence-electron chi connectivity index (χ4n) is 3.80. The summed E-state index contributed by atoms with van der Waals surface area (Å²) in [4.78, 5) is 39.7. The van der Waals surface area contributed by atoms with Crippen molar-refractivity contribution in [1.29, 1.82) is 0 Å². The molecular weight excluding hydrogens is 403 g/mol. The highest BCUT2D eigenvalue weighted by molar-refractivity contribution is 6.32. The zero-order valence-electron chi connectivity index (χ0n) is 17.8. The number of methoxy groups -OCH3 is 1. The van der Waals surface area contributed by atoms with Gasteiger partial charge in [0.05, 0.1) is 38.2 Å². The van der Waals surface area contributed by atoms with E-state index in [0.717, 1.165) is 0 Å². The molecule has 0 aliphatic carbocycles. The number of likely N-dealkylation sites (tertiary alicyclic amines) is 1. The van der Waals surface area contributed by atoms with Crippen molar-refractivity contribution >= 4 is 42.6 Å². The average Bonchev–Trinajstić information content (AvgIpc) is 3.34. The van der Waals surface area contributed by atoms with Crippen LogP contribution in [-0.2, 0) is 23.8 Å². The highest BCUT2D eigenvalue weighted by Gasteiger charge is 2.53. The summed E-state index contributed by atoms with van der Waals surface area (Å²) < 4.78 is 16.1. The summed E-state index contributed by atoms with van der Waals surface area (Å²) in [7, 11) is 6.93. The molecule has 166 valence electrons. The van der Waals surface area contributed by atoms with Crippen LogP contribution in [0.2, 0.25) is 0 Å². The van der Waals surface area contributed by atoms with Crippen LogP contribution in [0.1, 0.15) is 20.3 Å². The molecule has 4 N–H and O–H groups in total. The zero-order valence-corrected chi connectivity index (χ0v) is 17.8.